The van der Waals surface area contributed by atoms with Gasteiger partial charge in [-0.25, -0.2) is 0 Å². The number of fused-ring (bicyclic) bond motifs is 1. The molecule has 0 bridgehead atoms. The van der Waals surface area contributed by atoms with Gasteiger partial charge in [-0.2, -0.15) is 5.10 Å². The molecule has 18 heavy (non-hydrogen) atoms. The highest BCUT2D eigenvalue weighted by molar-refractivity contribution is 5.78. The number of benzene rings is 1. The third-order valence-electron chi connectivity index (χ3n) is 2.56. The van der Waals surface area contributed by atoms with E-state index >= 15 is 0 Å². The monoisotopic (exact) mass is 246 g/mol. The van der Waals surface area contributed by atoms with E-state index in [1.165, 1.54) is 0 Å². The molecular weight excluding hydrogens is 224 g/mol. The zero-order valence-electron chi connectivity index (χ0n) is 11.9. The Balaban J connectivity index is 0.000000771. The van der Waals surface area contributed by atoms with Crippen molar-refractivity contribution in [3.63, 3.8) is 0 Å². The lowest BCUT2D eigenvalue weighted by molar-refractivity contribution is 0.486. The van der Waals surface area contributed by atoms with Gasteiger partial charge in [0.15, 0.2) is 0 Å². The van der Waals surface area contributed by atoms with Crippen LogP contribution in [0.1, 0.15) is 33.4 Å². The summed E-state index contributed by atoms with van der Waals surface area (Å²) < 4.78 is 1.93. The summed E-state index contributed by atoms with van der Waals surface area (Å²) in [5, 5.41) is 5.11. The first kappa shape index (κ1) is 14.4. The van der Waals surface area contributed by atoms with E-state index in [2.05, 4.69) is 18.9 Å². The molecule has 2 rings (SSSR count). The van der Waals surface area contributed by atoms with E-state index in [0.717, 1.165) is 17.4 Å². The van der Waals surface area contributed by atoms with Crippen LogP contribution in [-0.4, -0.2) is 9.78 Å². The van der Waals surface area contributed by atoms with Crippen molar-refractivity contribution in [3.8, 4) is 0 Å². The fourth-order valence-electron chi connectivity index (χ4n) is 1.85. The lowest BCUT2D eigenvalue weighted by Crippen LogP contribution is -2.18. The molecule has 1 aromatic carbocycles. The van der Waals surface area contributed by atoms with Crippen molar-refractivity contribution in [2.75, 3.05) is 0 Å². The Morgan fingerprint density at radius 1 is 1.22 bits per heavy atom. The minimum Gasteiger partial charge on any atom is -0.287 e. The van der Waals surface area contributed by atoms with Crippen LogP contribution in [-0.2, 0) is 6.54 Å². The van der Waals surface area contributed by atoms with E-state index in [9.17, 15) is 4.79 Å². The maximum Gasteiger partial charge on any atom is 0.210 e. The molecule has 0 spiro atoms. The largest absolute Gasteiger partial charge is 0.287 e. The molecule has 2 aromatic rings. The highest BCUT2D eigenvalue weighted by Crippen LogP contribution is 2.11. The fourth-order valence-corrected chi connectivity index (χ4v) is 1.85. The van der Waals surface area contributed by atoms with Crippen LogP contribution < -0.4 is 5.43 Å². The number of rotatable bonds is 2. The Morgan fingerprint density at radius 3 is 2.44 bits per heavy atom. The fraction of sp³-hybridized carbons (Fsp3) is 0.467. The molecule has 0 radical (unpaired) electrons. The minimum atomic E-state index is 0.0376. The quantitative estimate of drug-likeness (QED) is 0.814. The molecule has 0 aliphatic heterocycles. The first-order valence-electron chi connectivity index (χ1n) is 6.56. The summed E-state index contributed by atoms with van der Waals surface area (Å²) in [6, 6.07) is 7.65. The summed E-state index contributed by atoms with van der Waals surface area (Å²) in [4.78, 5) is 11.9. The molecule has 98 valence electrons. The number of aryl methyl sites for hydroxylation is 1. The average Bonchev–Trinajstić information content (AvgIpc) is 2.37. The van der Waals surface area contributed by atoms with Gasteiger partial charge in [-0.1, -0.05) is 39.8 Å². The number of aromatic nitrogens is 2. The van der Waals surface area contributed by atoms with Gasteiger partial charge in [0.2, 0.25) is 5.43 Å². The molecule has 1 heterocycles. The zero-order valence-corrected chi connectivity index (χ0v) is 11.9. The van der Waals surface area contributed by atoms with Crippen LogP contribution in [0.25, 0.3) is 10.9 Å². The smallest absolute Gasteiger partial charge is 0.210 e. The molecule has 0 fully saturated rings. The number of hydrogen-bond donors (Lipinski definition) is 0. The standard InChI is InChI=1S/C13H16N2O.C2H6/c1-9(2)8-15-12-7-5-4-6-11(12)13(16)10(3)14-15;1-2/h4-7,9H,8H2,1-3H3;1-2H3. The lowest BCUT2D eigenvalue weighted by Gasteiger charge is -2.12. The SMILES string of the molecule is CC.Cc1nn(CC(C)C)c2ccccc2c1=O. The van der Waals surface area contributed by atoms with Gasteiger partial charge in [-0.3, -0.25) is 9.48 Å². The Morgan fingerprint density at radius 2 is 1.83 bits per heavy atom. The van der Waals surface area contributed by atoms with Gasteiger partial charge in [0.05, 0.1) is 5.52 Å². The van der Waals surface area contributed by atoms with E-state index in [4.69, 9.17) is 0 Å². The van der Waals surface area contributed by atoms with Crippen LogP contribution in [0.2, 0.25) is 0 Å². The Labute approximate surface area is 108 Å². The highest BCUT2D eigenvalue weighted by Gasteiger charge is 2.07. The molecule has 3 heteroatoms. The van der Waals surface area contributed by atoms with Crippen molar-refractivity contribution in [2.45, 2.75) is 41.2 Å². The Hall–Kier alpha value is -1.64. The summed E-state index contributed by atoms with van der Waals surface area (Å²) in [6.07, 6.45) is 0. The predicted molar refractivity (Wildman–Crippen MR) is 76.9 cm³/mol. The second-order valence-electron chi connectivity index (χ2n) is 4.51. The average molecular weight is 246 g/mol. The number of nitrogens with zero attached hydrogens (tertiary/aromatic N) is 2. The van der Waals surface area contributed by atoms with Crippen molar-refractivity contribution in [2.24, 2.45) is 5.92 Å². The molecule has 0 saturated heterocycles. The summed E-state index contributed by atoms with van der Waals surface area (Å²) in [5.41, 5.74) is 1.53. The van der Waals surface area contributed by atoms with Gasteiger partial charge >= 0.3 is 0 Å². The van der Waals surface area contributed by atoms with Gasteiger partial charge in [0.25, 0.3) is 0 Å². The molecule has 0 unspecified atom stereocenters. The molecule has 0 atom stereocenters. The molecule has 0 aliphatic carbocycles. The topological polar surface area (TPSA) is 34.9 Å². The Bertz CT molecular complexity index is 570. The normalized spacial score (nSPS) is 10.3. The van der Waals surface area contributed by atoms with Crippen LogP contribution >= 0.6 is 0 Å². The van der Waals surface area contributed by atoms with E-state index in [-0.39, 0.29) is 5.43 Å². The van der Waals surface area contributed by atoms with Crippen LogP contribution in [0.3, 0.4) is 0 Å². The maximum absolute atomic E-state index is 11.9. The summed E-state index contributed by atoms with van der Waals surface area (Å²) in [6.45, 7) is 10.9. The molecule has 0 saturated carbocycles. The van der Waals surface area contributed by atoms with Gasteiger partial charge in [-0.05, 0) is 25.0 Å². The van der Waals surface area contributed by atoms with Gasteiger partial charge < -0.3 is 0 Å². The minimum absolute atomic E-state index is 0.0376. The second kappa shape index (κ2) is 6.34. The molecule has 0 aliphatic rings. The third-order valence-corrected chi connectivity index (χ3v) is 2.56. The molecule has 1 aromatic heterocycles. The van der Waals surface area contributed by atoms with Crippen molar-refractivity contribution >= 4 is 10.9 Å². The number of para-hydroxylation sites is 1. The second-order valence-corrected chi connectivity index (χ2v) is 4.51. The first-order valence-corrected chi connectivity index (χ1v) is 6.56. The van der Waals surface area contributed by atoms with Crippen molar-refractivity contribution in [1.29, 1.82) is 0 Å². The predicted octanol–water partition coefficient (Wildman–Crippen LogP) is 3.39. The van der Waals surface area contributed by atoms with E-state index in [1.807, 2.05) is 42.8 Å². The molecule has 0 amide bonds. The lowest BCUT2D eigenvalue weighted by atomic mass is 10.2. The zero-order chi connectivity index (χ0) is 13.7. The van der Waals surface area contributed by atoms with Crippen LogP contribution in [0.4, 0.5) is 0 Å². The van der Waals surface area contributed by atoms with E-state index < -0.39 is 0 Å². The van der Waals surface area contributed by atoms with Gasteiger partial charge in [0, 0.05) is 11.9 Å². The van der Waals surface area contributed by atoms with Crippen LogP contribution in [0.15, 0.2) is 29.1 Å². The number of hydrogen-bond acceptors (Lipinski definition) is 2. The van der Waals surface area contributed by atoms with Gasteiger partial charge in [-0.15, -0.1) is 0 Å². The van der Waals surface area contributed by atoms with Gasteiger partial charge in [0.1, 0.15) is 5.69 Å². The van der Waals surface area contributed by atoms with Crippen LogP contribution in [0, 0.1) is 12.8 Å². The van der Waals surface area contributed by atoms with Crippen molar-refractivity contribution in [3.05, 3.63) is 40.2 Å². The third kappa shape index (κ3) is 2.97. The van der Waals surface area contributed by atoms with Crippen molar-refractivity contribution < 1.29 is 0 Å². The molecule has 3 nitrogen and oxygen atoms in total. The highest BCUT2D eigenvalue weighted by atomic mass is 16.1. The molecule has 0 N–H and O–H groups in total. The Kier molecular flexibility index (Phi) is 5.08. The molecular formula is C15H22N2O. The van der Waals surface area contributed by atoms with E-state index in [0.29, 0.717) is 11.6 Å². The van der Waals surface area contributed by atoms with Crippen molar-refractivity contribution in [1.82, 2.24) is 9.78 Å². The summed E-state index contributed by atoms with van der Waals surface area (Å²) >= 11 is 0. The first-order chi connectivity index (χ1) is 8.59. The van der Waals surface area contributed by atoms with E-state index in [1.54, 1.807) is 6.92 Å². The summed E-state index contributed by atoms with van der Waals surface area (Å²) in [7, 11) is 0. The summed E-state index contributed by atoms with van der Waals surface area (Å²) in [5.74, 6) is 0.512. The maximum atomic E-state index is 11.9. The van der Waals surface area contributed by atoms with Crippen LogP contribution in [0.5, 0.6) is 0 Å².